The van der Waals surface area contributed by atoms with E-state index in [9.17, 15) is 9.90 Å². The van der Waals surface area contributed by atoms with E-state index in [4.69, 9.17) is 0 Å². The molecule has 0 aliphatic carbocycles. The molecule has 23 heavy (non-hydrogen) atoms. The number of rotatable bonds is 4. The summed E-state index contributed by atoms with van der Waals surface area (Å²) in [5.74, 6) is 0.315. The van der Waals surface area contributed by atoms with Gasteiger partial charge in [0, 0.05) is 31.9 Å². The average molecular weight is 311 g/mol. The molecule has 0 saturated carbocycles. The molecule has 0 spiro atoms. The van der Waals surface area contributed by atoms with Crippen molar-refractivity contribution in [1.29, 1.82) is 0 Å². The van der Waals surface area contributed by atoms with Gasteiger partial charge in [0.15, 0.2) is 0 Å². The minimum Gasteiger partial charge on any atom is -0.506 e. The highest BCUT2D eigenvalue weighted by molar-refractivity contribution is 5.92. The van der Waals surface area contributed by atoms with Crippen molar-refractivity contribution in [2.24, 2.45) is 0 Å². The van der Waals surface area contributed by atoms with Gasteiger partial charge in [-0.05, 0) is 24.3 Å². The molecule has 2 aromatic carbocycles. The molecule has 0 atom stereocenters. The maximum absolute atomic E-state index is 12.1. The van der Waals surface area contributed by atoms with E-state index in [2.05, 4.69) is 15.1 Å². The van der Waals surface area contributed by atoms with Gasteiger partial charge in [-0.3, -0.25) is 9.69 Å². The van der Waals surface area contributed by atoms with Crippen molar-refractivity contribution in [3.05, 3.63) is 54.6 Å². The van der Waals surface area contributed by atoms with Crippen LogP contribution in [0.5, 0.6) is 5.75 Å². The van der Waals surface area contributed by atoms with Gasteiger partial charge in [0.1, 0.15) is 5.75 Å². The molecule has 1 heterocycles. The lowest BCUT2D eigenvalue weighted by Gasteiger charge is -2.35. The molecule has 5 nitrogen and oxygen atoms in total. The number of nitrogens with one attached hydrogen (secondary N) is 1. The van der Waals surface area contributed by atoms with Crippen LogP contribution in [0.1, 0.15) is 0 Å². The highest BCUT2D eigenvalue weighted by Crippen LogP contribution is 2.27. The summed E-state index contributed by atoms with van der Waals surface area (Å²) in [6, 6.07) is 16.9. The normalized spacial score (nSPS) is 15.4. The number of nitrogens with zero attached hydrogens (tertiary/aromatic N) is 2. The van der Waals surface area contributed by atoms with E-state index in [1.54, 1.807) is 6.07 Å². The van der Waals surface area contributed by atoms with Gasteiger partial charge in [-0.1, -0.05) is 30.3 Å². The Hall–Kier alpha value is -2.53. The molecule has 1 fully saturated rings. The van der Waals surface area contributed by atoms with Crippen molar-refractivity contribution in [2.75, 3.05) is 42.9 Å². The van der Waals surface area contributed by atoms with Crippen LogP contribution in [0.3, 0.4) is 0 Å². The van der Waals surface area contributed by atoms with E-state index < -0.39 is 0 Å². The number of phenolic OH excluding ortho intramolecular Hbond substituents is 1. The Balaban J connectivity index is 1.49. The number of carbonyl (C=O) groups excluding carboxylic acids is 1. The largest absolute Gasteiger partial charge is 0.506 e. The third-order valence-electron chi connectivity index (χ3n) is 4.02. The summed E-state index contributed by atoms with van der Waals surface area (Å²) in [6.45, 7) is 3.60. The lowest BCUT2D eigenvalue weighted by molar-refractivity contribution is -0.117. The highest BCUT2D eigenvalue weighted by atomic mass is 16.3. The number of amides is 1. The zero-order valence-corrected chi connectivity index (χ0v) is 13.0. The van der Waals surface area contributed by atoms with E-state index in [-0.39, 0.29) is 5.91 Å². The Kier molecular flexibility index (Phi) is 4.78. The molecule has 0 radical (unpaired) electrons. The number of piperazine rings is 1. The number of phenols is 1. The second kappa shape index (κ2) is 7.15. The first-order valence-corrected chi connectivity index (χ1v) is 7.82. The average Bonchev–Trinajstić information content (AvgIpc) is 2.57. The van der Waals surface area contributed by atoms with E-state index >= 15 is 0 Å². The predicted molar refractivity (Wildman–Crippen MR) is 91.8 cm³/mol. The van der Waals surface area contributed by atoms with E-state index in [0.29, 0.717) is 12.3 Å². The van der Waals surface area contributed by atoms with Crippen LogP contribution in [0.4, 0.5) is 11.4 Å². The van der Waals surface area contributed by atoms with Crippen LogP contribution in [0, 0.1) is 0 Å². The van der Waals surface area contributed by atoms with E-state index in [0.717, 1.165) is 37.6 Å². The van der Waals surface area contributed by atoms with Crippen molar-refractivity contribution in [2.45, 2.75) is 0 Å². The molecular formula is C18H21N3O2. The molecular weight excluding hydrogens is 290 g/mol. The van der Waals surface area contributed by atoms with Crippen LogP contribution in [-0.2, 0) is 4.79 Å². The third-order valence-corrected chi connectivity index (χ3v) is 4.02. The van der Waals surface area contributed by atoms with Crippen LogP contribution in [0.15, 0.2) is 54.6 Å². The Labute approximate surface area is 136 Å². The van der Waals surface area contributed by atoms with Crippen LogP contribution in [-0.4, -0.2) is 48.6 Å². The number of benzene rings is 2. The Bertz CT molecular complexity index is 652. The molecule has 2 aromatic rings. The van der Waals surface area contributed by atoms with Gasteiger partial charge < -0.3 is 15.3 Å². The molecule has 1 saturated heterocycles. The predicted octanol–water partition coefficient (Wildman–Crippen LogP) is 2.15. The quantitative estimate of drug-likeness (QED) is 0.908. The zero-order valence-electron chi connectivity index (χ0n) is 13.0. The summed E-state index contributed by atoms with van der Waals surface area (Å²) in [4.78, 5) is 16.4. The summed E-state index contributed by atoms with van der Waals surface area (Å²) >= 11 is 0. The summed E-state index contributed by atoms with van der Waals surface area (Å²) < 4.78 is 0. The number of aromatic hydroxyl groups is 1. The first-order valence-electron chi connectivity index (χ1n) is 7.82. The van der Waals surface area contributed by atoms with Crippen LogP contribution in [0.2, 0.25) is 0 Å². The number of anilines is 2. The fourth-order valence-electron chi connectivity index (χ4n) is 2.80. The summed E-state index contributed by atoms with van der Waals surface area (Å²) in [6.07, 6.45) is 0. The highest BCUT2D eigenvalue weighted by Gasteiger charge is 2.20. The second-order valence-corrected chi connectivity index (χ2v) is 5.67. The number of hydrogen-bond acceptors (Lipinski definition) is 4. The number of hydrogen-bond donors (Lipinski definition) is 2. The van der Waals surface area contributed by atoms with Crippen LogP contribution < -0.4 is 10.2 Å². The first kappa shape index (κ1) is 15.4. The van der Waals surface area contributed by atoms with Crippen LogP contribution in [0.25, 0.3) is 0 Å². The van der Waals surface area contributed by atoms with Crippen molar-refractivity contribution in [3.8, 4) is 5.75 Å². The molecule has 1 aliphatic rings. The molecule has 1 amide bonds. The maximum atomic E-state index is 12.1. The van der Waals surface area contributed by atoms with Crippen molar-refractivity contribution in [1.82, 2.24) is 4.90 Å². The third kappa shape index (κ3) is 4.02. The van der Waals surface area contributed by atoms with Gasteiger partial charge >= 0.3 is 0 Å². The molecule has 3 rings (SSSR count). The van der Waals surface area contributed by atoms with Crippen molar-refractivity contribution in [3.63, 3.8) is 0 Å². The molecule has 0 unspecified atom stereocenters. The molecule has 0 bridgehead atoms. The topological polar surface area (TPSA) is 55.8 Å². The lowest BCUT2D eigenvalue weighted by atomic mass is 10.2. The van der Waals surface area contributed by atoms with E-state index in [1.165, 1.54) is 0 Å². The molecule has 2 N–H and O–H groups in total. The Morgan fingerprint density at radius 2 is 1.61 bits per heavy atom. The van der Waals surface area contributed by atoms with Gasteiger partial charge in [0.2, 0.25) is 5.91 Å². The SMILES string of the molecule is O=C(CN1CCN(c2ccccc2O)CC1)Nc1ccccc1. The molecule has 5 heteroatoms. The minimum atomic E-state index is 0.00667. The van der Waals surface area contributed by atoms with Gasteiger partial charge in [0.05, 0.1) is 12.2 Å². The summed E-state index contributed by atoms with van der Waals surface area (Å²) in [5, 5.41) is 12.8. The smallest absolute Gasteiger partial charge is 0.238 e. The summed E-state index contributed by atoms with van der Waals surface area (Å²) in [7, 11) is 0. The number of carbonyl (C=O) groups is 1. The second-order valence-electron chi connectivity index (χ2n) is 5.67. The molecule has 120 valence electrons. The van der Waals surface area contributed by atoms with Gasteiger partial charge in [-0.2, -0.15) is 0 Å². The zero-order chi connectivity index (χ0) is 16.1. The standard InChI is InChI=1S/C18H21N3O2/c22-17-9-5-4-8-16(17)21-12-10-20(11-13-21)14-18(23)19-15-6-2-1-3-7-15/h1-9,22H,10-14H2,(H,19,23). The van der Waals surface area contributed by atoms with Gasteiger partial charge in [-0.15, -0.1) is 0 Å². The molecule has 1 aliphatic heterocycles. The Morgan fingerprint density at radius 1 is 0.957 bits per heavy atom. The van der Waals surface area contributed by atoms with Crippen molar-refractivity contribution >= 4 is 17.3 Å². The first-order chi connectivity index (χ1) is 11.2. The van der Waals surface area contributed by atoms with Gasteiger partial charge in [0.25, 0.3) is 0 Å². The van der Waals surface area contributed by atoms with Gasteiger partial charge in [-0.25, -0.2) is 0 Å². The monoisotopic (exact) mass is 311 g/mol. The van der Waals surface area contributed by atoms with Crippen molar-refractivity contribution < 1.29 is 9.90 Å². The number of para-hydroxylation sites is 3. The lowest BCUT2D eigenvalue weighted by Crippen LogP contribution is -2.48. The molecule has 0 aromatic heterocycles. The fraction of sp³-hybridized carbons (Fsp3) is 0.278. The maximum Gasteiger partial charge on any atom is 0.238 e. The van der Waals surface area contributed by atoms with E-state index in [1.807, 2.05) is 48.5 Å². The fourth-order valence-corrected chi connectivity index (χ4v) is 2.80. The van der Waals surface area contributed by atoms with Crippen LogP contribution >= 0.6 is 0 Å². The Morgan fingerprint density at radius 3 is 2.30 bits per heavy atom. The summed E-state index contributed by atoms with van der Waals surface area (Å²) in [5.41, 5.74) is 1.69. The minimum absolute atomic E-state index is 0.00667.